The molecule has 10 N–H and O–H groups in total. The molecule has 0 bridgehead atoms. The molecule has 17 heteroatoms. The Morgan fingerprint density at radius 3 is 1.57 bits per heavy atom. The minimum absolute atomic E-state index is 0. The molecule has 140 valence electrons. The molecule has 0 aliphatic rings. The Hall–Kier alpha value is 1.69. The first-order chi connectivity index (χ1) is 8.68. The largest absolute Gasteiger partial charge is 0.316 e. The van der Waals surface area contributed by atoms with E-state index in [9.17, 15) is 4.79 Å². The van der Waals surface area contributed by atoms with Gasteiger partial charge in [-0.15, -0.1) is 12.4 Å². The van der Waals surface area contributed by atoms with Crippen LogP contribution < -0.4 is 11.5 Å². The second-order valence-corrected chi connectivity index (χ2v) is 5.11. The molecule has 0 spiro atoms. The molecule has 0 heterocycles. The molecule has 0 aromatic carbocycles. The second kappa shape index (κ2) is 21.7. The van der Waals surface area contributed by atoms with Crippen molar-refractivity contribution < 1.29 is 46.7 Å². The molecule has 0 aromatic rings. The van der Waals surface area contributed by atoms with Crippen molar-refractivity contribution in [3.05, 3.63) is 0 Å². The van der Waals surface area contributed by atoms with Crippen LogP contribution in [0.15, 0.2) is 0 Å². The van der Waals surface area contributed by atoms with E-state index in [0.717, 1.165) is 12.8 Å². The number of halogens is 1. The third-order valence-electron chi connectivity index (χ3n) is 1.29. The predicted octanol–water partition coefficient (Wildman–Crippen LogP) is -3.46. The van der Waals surface area contributed by atoms with Gasteiger partial charge in [0.25, 0.3) is 0 Å². The zero-order valence-corrected chi connectivity index (χ0v) is 13.2. The number of unbranched alkanes of at least 4 members (excludes halogenated alkanes) is 1. The molecule has 0 saturated heterocycles. The summed E-state index contributed by atoms with van der Waals surface area (Å²) in [6.07, 6.45) is 2.16. The van der Waals surface area contributed by atoms with Crippen molar-refractivity contribution in [2.75, 3.05) is 6.54 Å². The molecule has 12 nitrogen and oxygen atoms in total. The fraction of sp³-hybridized carbons (Fsp3) is 0.833. The second-order valence-electron chi connectivity index (χ2n) is 3.19. The minimum atomic E-state index is -4.67. The van der Waals surface area contributed by atoms with Crippen molar-refractivity contribution in [1.82, 2.24) is 0 Å². The molecule has 0 saturated carbocycles. The maximum atomic E-state index is 10.1. The van der Waals surface area contributed by atoms with Crippen molar-refractivity contribution >= 4 is 97.4 Å². The van der Waals surface area contributed by atoms with E-state index >= 15 is 0 Å². The Kier molecular flexibility index (Phi) is 37.5. The quantitative estimate of drug-likeness (QED) is 0.0887. The first-order valence-electron chi connectivity index (χ1n) is 4.85. The van der Waals surface area contributed by atoms with Crippen LogP contribution in [0.2, 0.25) is 0 Å². The zero-order chi connectivity index (χ0) is 17.0. The van der Waals surface area contributed by atoms with Gasteiger partial charge >= 0.3 is 85.0 Å². The van der Waals surface area contributed by atoms with Gasteiger partial charge in [0.15, 0.2) is 0 Å². The summed E-state index contributed by atoms with van der Waals surface area (Å²) >= 11 is 0. The van der Waals surface area contributed by atoms with Crippen molar-refractivity contribution in [3.63, 3.8) is 0 Å². The minimum Gasteiger partial charge on any atom is 0.316 e. The van der Waals surface area contributed by atoms with Gasteiger partial charge in [-0.3, -0.25) is 13.9 Å². The third kappa shape index (κ3) is 97.5. The van der Waals surface area contributed by atoms with Gasteiger partial charge in [0.05, 0.1) is 0 Å². The molecule has 0 aliphatic carbocycles. The van der Waals surface area contributed by atoms with Crippen LogP contribution >= 0.6 is 20.2 Å². The monoisotopic (exact) mass is 446 g/mol. The average molecular weight is 447 g/mol. The topological polar surface area (TPSA) is 242 Å². The van der Waals surface area contributed by atoms with Crippen LogP contribution in [-0.4, -0.2) is 117 Å². The van der Waals surface area contributed by atoms with E-state index in [4.69, 9.17) is 53.3 Å². The summed E-state index contributed by atoms with van der Waals surface area (Å²) in [7, 11) is -9.31. The standard InChI is InChI=1S/C6H14N2O2.Ca.ClH.Mg.H3O4P.H2O4S.4H/c7-4-2-1-3-5(8)6(9)10;;;;2*1-5(2,3)4;;;;/h5H,1-4,7-8H2,(H,9,10);;1H;;(H3,1,2,3,4);(H2,1,2,3,4);;;;. The smallest absolute Gasteiger partial charge is 0.316 e. The SMILES string of the molecule is Cl.NCCCCC(N)C(=O)O.O=P(O)(O)O.O=S(=O)(O)O.[CaH2].[MgH2]. The average Bonchev–Trinajstić information content (AvgIpc) is 2.12. The molecule has 0 aliphatic heterocycles. The number of carboxylic acids is 1. The van der Waals surface area contributed by atoms with E-state index in [1.807, 2.05) is 0 Å². The van der Waals surface area contributed by atoms with E-state index in [2.05, 4.69) is 0 Å². The molecule has 0 radical (unpaired) electrons. The Morgan fingerprint density at radius 2 is 1.39 bits per heavy atom. The molecule has 1 atom stereocenters. The number of nitrogens with two attached hydrogens (primary N) is 2. The summed E-state index contributed by atoms with van der Waals surface area (Å²) in [6, 6.07) is -0.716. The Labute approximate surface area is 185 Å². The van der Waals surface area contributed by atoms with Gasteiger partial charge in [-0.1, -0.05) is 6.42 Å². The van der Waals surface area contributed by atoms with Crippen LogP contribution in [-0.2, 0) is 19.8 Å². The van der Waals surface area contributed by atoms with Gasteiger partial charge < -0.3 is 31.3 Å². The van der Waals surface area contributed by atoms with E-state index in [-0.39, 0.29) is 73.2 Å². The van der Waals surface area contributed by atoms with Crippen molar-refractivity contribution in [2.24, 2.45) is 11.5 Å². The maximum Gasteiger partial charge on any atom is 0.316 e. The van der Waals surface area contributed by atoms with Crippen molar-refractivity contribution in [2.45, 2.75) is 25.3 Å². The van der Waals surface area contributed by atoms with Crippen LogP contribution in [0.25, 0.3) is 0 Å². The Balaban J connectivity index is -0.0000000483. The molecule has 0 fully saturated rings. The summed E-state index contributed by atoms with van der Waals surface area (Å²) in [4.78, 5) is 31.7. The van der Waals surface area contributed by atoms with Crippen LogP contribution in [0, 0.1) is 0 Å². The number of hydrogen-bond donors (Lipinski definition) is 8. The number of hydrogen-bond acceptors (Lipinski definition) is 6. The third-order valence-corrected chi connectivity index (χ3v) is 1.29. The fourth-order valence-electron chi connectivity index (χ4n) is 0.632. The predicted molar refractivity (Wildman–Crippen MR) is 91.3 cm³/mol. The number of carbonyl (C=O) groups is 1. The molecule has 0 aromatic heterocycles. The zero-order valence-electron chi connectivity index (χ0n) is 10.6. The number of carboxylic acid groups (broad SMARTS) is 1. The van der Waals surface area contributed by atoms with Gasteiger partial charge in [0, 0.05) is 0 Å². The first kappa shape index (κ1) is 39.7. The summed E-state index contributed by atoms with van der Waals surface area (Å²) < 4.78 is 40.5. The van der Waals surface area contributed by atoms with E-state index < -0.39 is 30.2 Å². The number of phosphoric acid groups is 1. The normalized spacial score (nSPS) is 10.7. The summed E-state index contributed by atoms with van der Waals surface area (Å²) in [5.41, 5.74) is 10.4. The van der Waals surface area contributed by atoms with Crippen molar-refractivity contribution in [1.29, 1.82) is 0 Å². The molecule has 0 amide bonds. The molecule has 23 heavy (non-hydrogen) atoms. The van der Waals surface area contributed by atoms with Gasteiger partial charge in [0.1, 0.15) is 6.04 Å². The molecular formula is C6H24CaClMgN2O10PS. The van der Waals surface area contributed by atoms with Crippen molar-refractivity contribution in [3.8, 4) is 0 Å². The molecule has 0 rings (SSSR count). The van der Waals surface area contributed by atoms with Crippen LogP contribution in [0.4, 0.5) is 0 Å². The number of aliphatic carboxylic acids is 1. The summed E-state index contributed by atoms with van der Waals surface area (Å²) in [6.45, 7) is 0.604. The first-order valence-corrected chi connectivity index (χ1v) is 7.81. The molecular weight excluding hydrogens is 423 g/mol. The van der Waals surface area contributed by atoms with Crippen LogP contribution in [0.5, 0.6) is 0 Å². The summed E-state index contributed by atoms with van der Waals surface area (Å²) in [5, 5.41) is 8.33. The Morgan fingerprint density at radius 1 is 1.13 bits per heavy atom. The van der Waals surface area contributed by atoms with Gasteiger partial charge in [-0.05, 0) is 19.4 Å². The van der Waals surface area contributed by atoms with Gasteiger partial charge in [-0.25, -0.2) is 4.57 Å². The number of rotatable bonds is 5. The Bertz CT molecular complexity index is 394. The maximum absolute atomic E-state index is 10.1. The van der Waals surface area contributed by atoms with E-state index in [1.165, 1.54) is 0 Å². The van der Waals surface area contributed by atoms with E-state index in [0.29, 0.717) is 13.0 Å². The van der Waals surface area contributed by atoms with Crippen LogP contribution in [0.3, 0.4) is 0 Å². The van der Waals surface area contributed by atoms with Gasteiger partial charge in [-0.2, -0.15) is 8.42 Å². The summed E-state index contributed by atoms with van der Waals surface area (Å²) in [5.74, 6) is -0.933. The fourth-order valence-corrected chi connectivity index (χ4v) is 0.632. The van der Waals surface area contributed by atoms with Gasteiger partial charge in [0.2, 0.25) is 0 Å². The molecule has 1 unspecified atom stereocenters. The van der Waals surface area contributed by atoms with Crippen LogP contribution in [0.1, 0.15) is 19.3 Å². The van der Waals surface area contributed by atoms with E-state index in [1.54, 1.807) is 0 Å².